The van der Waals surface area contributed by atoms with Crippen molar-refractivity contribution in [1.29, 1.82) is 0 Å². The maximum Gasteiger partial charge on any atom is 0.192 e. The molecule has 1 aromatic heterocycles. The Kier molecular flexibility index (Phi) is 3.03. The predicted molar refractivity (Wildman–Crippen MR) is 67.9 cm³/mol. The van der Waals surface area contributed by atoms with Crippen molar-refractivity contribution in [2.24, 2.45) is 0 Å². The monoisotopic (exact) mass is 229 g/mol. The van der Waals surface area contributed by atoms with Crippen LogP contribution in [0.3, 0.4) is 0 Å². The van der Waals surface area contributed by atoms with Crippen molar-refractivity contribution >= 4 is 11.8 Å². The van der Waals surface area contributed by atoms with E-state index in [2.05, 4.69) is 5.73 Å². The highest BCUT2D eigenvalue weighted by Crippen LogP contribution is 1.96. The van der Waals surface area contributed by atoms with Crippen molar-refractivity contribution in [1.82, 2.24) is 4.57 Å². The van der Waals surface area contributed by atoms with Crippen molar-refractivity contribution in [2.75, 3.05) is 7.11 Å². The zero-order valence-corrected chi connectivity index (χ0v) is 10.3. The molecule has 0 unspecified atom stereocenters. The van der Waals surface area contributed by atoms with E-state index in [1.54, 1.807) is 25.3 Å². The normalized spacial score (nSPS) is 13.0. The van der Waals surface area contributed by atoms with Crippen LogP contribution in [0.4, 0.5) is 0 Å². The Morgan fingerprint density at radius 2 is 2.24 bits per heavy atom. The lowest BCUT2D eigenvalue weighted by Gasteiger charge is -2.09. The van der Waals surface area contributed by atoms with Gasteiger partial charge in [-0.2, -0.15) is 0 Å². The molecule has 0 aliphatic heterocycles. The van der Waals surface area contributed by atoms with E-state index in [0.29, 0.717) is 11.0 Å². The zero-order valence-electron chi connectivity index (χ0n) is 10.3. The van der Waals surface area contributed by atoms with E-state index in [1.807, 2.05) is 24.6 Å². The fourth-order valence-corrected chi connectivity index (χ4v) is 1.99. The molecule has 0 amide bonds. The third kappa shape index (κ3) is 1.85. The zero-order chi connectivity index (χ0) is 12.4. The summed E-state index contributed by atoms with van der Waals surface area (Å²) in [6, 6.07) is 0. The molecule has 1 aliphatic carbocycles. The maximum atomic E-state index is 12.1. The average Bonchev–Trinajstić information content (AvgIpc) is 2.56. The van der Waals surface area contributed by atoms with Crippen LogP contribution in [0.2, 0.25) is 0 Å². The minimum atomic E-state index is 0.0487. The van der Waals surface area contributed by atoms with Gasteiger partial charge in [-0.3, -0.25) is 4.79 Å². The highest BCUT2D eigenvalue weighted by atomic mass is 16.5. The first-order valence-electron chi connectivity index (χ1n) is 5.60. The fourth-order valence-electron chi connectivity index (χ4n) is 1.99. The van der Waals surface area contributed by atoms with Gasteiger partial charge in [-0.05, 0) is 26.0 Å². The van der Waals surface area contributed by atoms with E-state index in [0.717, 1.165) is 17.5 Å². The van der Waals surface area contributed by atoms with Crippen LogP contribution < -0.4 is 16.0 Å². The van der Waals surface area contributed by atoms with Gasteiger partial charge >= 0.3 is 0 Å². The third-order valence-corrected chi connectivity index (χ3v) is 2.85. The number of fused-ring (bicyclic) bond motifs is 1. The lowest BCUT2D eigenvalue weighted by atomic mass is 10.2. The van der Waals surface area contributed by atoms with E-state index < -0.39 is 0 Å². The second kappa shape index (κ2) is 4.48. The van der Waals surface area contributed by atoms with Crippen LogP contribution in [0.15, 0.2) is 28.9 Å². The Hall–Kier alpha value is -1.99. The summed E-state index contributed by atoms with van der Waals surface area (Å²) in [5.41, 5.74) is 3.77. The molecule has 1 aliphatic rings. The fraction of sp³-hybridized carbons (Fsp3) is 0.286. The smallest absolute Gasteiger partial charge is 0.192 e. The van der Waals surface area contributed by atoms with Gasteiger partial charge in [0.15, 0.2) is 11.2 Å². The predicted octanol–water partition coefficient (Wildman–Crippen LogP) is 0.437. The van der Waals surface area contributed by atoms with Crippen LogP contribution in [0.5, 0.6) is 0 Å². The molecular formula is C14H15NO2. The molecule has 0 aromatic carbocycles. The van der Waals surface area contributed by atoms with Crippen molar-refractivity contribution in [2.45, 2.75) is 20.4 Å². The van der Waals surface area contributed by atoms with E-state index in [1.165, 1.54) is 0 Å². The van der Waals surface area contributed by atoms with Crippen molar-refractivity contribution in [3.63, 3.8) is 0 Å². The molecule has 0 bridgehead atoms. The van der Waals surface area contributed by atoms with E-state index in [9.17, 15) is 4.79 Å². The van der Waals surface area contributed by atoms with Gasteiger partial charge in [-0.15, -0.1) is 5.73 Å². The Morgan fingerprint density at radius 1 is 1.47 bits per heavy atom. The summed E-state index contributed by atoms with van der Waals surface area (Å²) in [6.07, 6.45) is 7.15. The molecule has 0 N–H and O–H groups in total. The number of aromatic nitrogens is 1. The summed E-state index contributed by atoms with van der Waals surface area (Å²) in [4.78, 5) is 12.1. The molecule has 0 atom stereocenters. The third-order valence-electron chi connectivity index (χ3n) is 2.85. The lowest BCUT2D eigenvalue weighted by molar-refractivity contribution is 0.366. The number of pyridine rings is 1. The molecule has 3 nitrogen and oxygen atoms in total. The van der Waals surface area contributed by atoms with Gasteiger partial charge in [-0.1, -0.05) is 0 Å². The first kappa shape index (κ1) is 11.5. The standard InChI is InChI=1S/C14H15NO2/c1-4-15-9-10(2)14(16)11-7-5-6-8-12(17-3)13(11)15/h5,7-9H,4H2,1-3H3. The van der Waals surface area contributed by atoms with Crippen LogP contribution in [-0.4, -0.2) is 11.7 Å². The van der Waals surface area contributed by atoms with Gasteiger partial charge in [0.05, 0.1) is 17.7 Å². The van der Waals surface area contributed by atoms with Crippen LogP contribution in [0, 0.1) is 6.92 Å². The van der Waals surface area contributed by atoms with Gasteiger partial charge in [0.2, 0.25) is 0 Å². The number of hydrogen-bond donors (Lipinski definition) is 0. The van der Waals surface area contributed by atoms with Crippen LogP contribution in [0.25, 0.3) is 11.8 Å². The highest BCUT2D eigenvalue weighted by molar-refractivity contribution is 5.53. The number of ether oxygens (including phenoxy) is 1. The van der Waals surface area contributed by atoms with Gasteiger partial charge < -0.3 is 9.30 Å². The topological polar surface area (TPSA) is 31.2 Å². The molecule has 3 heteroatoms. The maximum absolute atomic E-state index is 12.1. The van der Waals surface area contributed by atoms with Gasteiger partial charge in [0.1, 0.15) is 0 Å². The molecule has 0 radical (unpaired) electrons. The van der Waals surface area contributed by atoms with Crippen molar-refractivity contribution < 1.29 is 4.74 Å². The first-order chi connectivity index (χ1) is 8.19. The summed E-state index contributed by atoms with van der Waals surface area (Å²) < 4.78 is 7.36. The molecular weight excluding hydrogens is 214 g/mol. The number of hydrogen-bond acceptors (Lipinski definition) is 2. The molecule has 88 valence electrons. The molecule has 0 spiro atoms. The van der Waals surface area contributed by atoms with Crippen molar-refractivity contribution in [3.05, 3.63) is 50.4 Å². The summed E-state index contributed by atoms with van der Waals surface area (Å²) >= 11 is 0. The summed E-state index contributed by atoms with van der Waals surface area (Å²) in [5.74, 6) is 0.670. The Balaban J connectivity index is 3.10. The Labute approximate surface area is 99.7 Å². The second-order valence-corrected chi connectivity index (χ2v) is 3.90. The van der Waals surface area contributed by atoms with Gasteiger partial charge in [0, 0.05) is 24.4 Å². The highest BCUT2D eigenvalue weighted by Gasteiger charge is 2.06. The summed E-state index contributed by atoms with van der Waals surface area (Å²) in [7, 11) is 1.60. The molecule has 1 aromatic rings. The molecule has 1 heterocycles. The number of rotatable bonds is 2. The second-order valence-electron chi connectivity index (χ2n) is 3.90. The number of aryl methyl sites for hydroxylation is 2. The molecule has 0 saturated carbocycles. The van der Waals surface area contributed by atoms with Crippen LogP contribution in [0.1, 0.15) is 12.5 Å². The van der Waals surface area contributed by atoms with E-state index in [4.69, 9.17) is 4.74 Å². The quantitative estimate of drug-likeness (QED) is 0.689. The van der Waals surface area contributed by atoms with Gasteiger partial charge in [0.25, 0.3) is 0 Å². The van der Waals surface area contributed by atoms with Gasteiger partial charge in [-0.25, -0.2) is 0 Å². The summed E-state index contributed by atoms with van der Waals surface area (Å²) in [5, 5.41) is 1.50. The molecule has 0 fully saturated rings. The Bertz CT molecular complexity index is 686. The average molecular weight is 229 g/mol. The molecule has 17 heavy (non-hydrogen) atoms. The molecule has 0 saturated heterocycles. The summed E-state index contributed by atoms with van der Waals surface area (Å²) in [6.45, 7) is 4.66. The minimum Gasteiger partial charge on any atom is -0.494 e. The Morgan fingerprint density at radius 3 is 2.88 bits per heavy atom. The SMILES string of the molecule is CCn1cc(C)c(=O)c2c1=C(OC)C=C=CC=2. The van der Waals surface area contributed by atoms with Crippen LogP contribution in [-0.2, 0) is 11.3 Å². The van der Waals surface area contributed by atoms with Crippen LogP contribution >= 0.6 is 0 Å². The minimum absolute atomic E-state index is 0.0487. The van der Waals surface area contributed by atoms with Crippen molar-refractivity contribution in [3.8, 4) is 0 Å². The number of nitrogens with zero attached hydrogens (tertiary/aromatic N) is 1. The molecule has 2 rings (SSSR count). The van der Waals surface area contributed by atoms with E-state index >= 15 is 0 Å². The van der Waals surface area contributed by atoms with E-state index in [-0.39, 0.29) is 5.43 Å². The largest absolute Gasteiger partial charge is 0.494 e. The lowest BCUT2D eigenvalue weighted by Crippen LogP contribution is -2.47. The number of methoxy groups -OCH3 is 1. The first-order valence-corrected chi connectivity index (χ1v) is 5.60.